The molecule has 0 spiro atoms. The molecule has 0 radical (unpaired) electrons. The summed E-state index contributed by atoms with van der Waals surface area (Å²) in [5, 5.41) is 4.67. The van der Waals surface area contributed by atoms with Gasteiger partial charge in [0.05, 0.1) is 5.75 Å². The van der Waals surface area contributed by atoms with Gasteiger partial charge in [0, 0.05) is 22.4 Å². The summed E-state index contributed by atoms with van der Waals surface area (Å²) in [6, 6.07) is 9.12. The van der Waals surface area contributed by atoms with Crippen LogP contribution in [0.1, 0.15) is 4.88 Å². The van der Waals surface area contributed by atoms with Gasteiger partial charge >= 0.3 is 5.97 Å². The van der Waals surface area contributed by atoms with E-state index in [0.717, 1.165) is 5.75 Å². The Morgan fingerprint density at radius 1 is 1.20 bits per heavy atom. The van der Waals surface area contributed by atoms with Crippen molar-refractivity contribution in [1.29, 1.82) is 0 Å². The van der Waals surface area contributed by atoms with Crippen LogP contribution in [0.2, 0.25) is 0 Å². The molecule has 2 heterocycles. The summed E-state index contributed by atoms with van der Waals surface area (Å²) in [5.41, 5.74) is 0.567. The molecule has 6 nitrogen and oxygen atoms in total. The molecule has 8 heteroatoms. The van der Waals surface area contributed by atoms with Crippen molar-refractivity contribution >= 4 is 40.7 Å². The van der Waals surface area contributed by atoms with E-state index < -0.39 is 11.9 Å². The van der Waals surface area contributed by atoms with Crippen LogP contribution in [-0.2, 0) is 20.1 Å². The van der Waals surface area contributed by atoms with Crippen LogP contribution in [0.3, 0.4) is 0 Å². The standard InChI is InChI=1S/C17H17NO5S2/c19-16(9-23-17(20)11-24-10-13-2-1-7-25-13)18-12-3-4-14-15(8-12)22-6-5-21-14/h1-4,7-8H,5-6,9-11H2,(H,18,19). The molecule has 132 valence electrons. The van der Waals surface area contributed by atoms with Crippen LogP contribution in [-0.4, -0.2) is 37.4 Å². The molecule has 0 saturated carbocycles. The van der Waals surface area contributed by atoms with Crippen molar-refractivity contribution in [2.75, 3.05) is 30.9 Å². The van der Waals surface area contributed by atoms with Crippen LogP contribution in [0.25, 0.3) is 0 Å². The lowest BCUT2D eigenvalue weighted by Gasteiger charge is -2.19. The van der Waals surface area contributed by atoms with E-state index in [-0.39, 0.29) is 12.4 Å². The Balaban J connectivity index is 1.38. The van der Waals surface area contributed by atoms with Gasteiger partial charge in [-0.2, -0.15) is 0 Å². The quantitative estimate of drug-likeness (QED) is 0.746. The maximum absolute atomic E-state index is 11.9. The van der Waals surface area contributed by atoms with Crippen LogP contribution in [0.4, 0.5) is 5.69 Å². The number of carbonyl (C=O) groups is 2. The highest BCUT2D eigenvalue weighted by Gasteiger charge is 2.13. The molecule has 1 aromatic carbocycles. The number of benzene rings is 1. The van der Waals surface area contributed by atoms with Gasteiger partial charge in [0.2, 0.25) is 0 Å². The van der Waals surface area contributed by atoms with Gasteiger partial charge in [-0.05, 0) is 23.6 Å². The summed E-state index contributed by atoms with van der Waals surface area (Å²) in [6.07, 6.45) is 0. The van der Waals surface area contributed by atoms with Gasteiger partial charge in [-0.15, -0.1) is 23.1 Å². The fraction of sp³-hybridized carbons (Fsp3) is 0.294. The van der Waals surface area contributed by atoms with Crippen LogP contribution >= 0.6 is 23.1 Å². The second-order valence-electron chi connectivity index (χ2n) is 5.14. The van der Waals surface area contributed by atoms with Crippen molar-refractivity contribution in [3.05, 3.63) is 40.6 Å². The third-order valence-corrected chi connectivity index (χ3v) is 5.25. The first-order valence-corrected chi connectivity index (χ1v) is 9.69. The Kier molecular flexibility index (Phi) is 6.19. The topological polar surface area (TPSA) is 73.9 Å². The lowest BCUT2D eigenvalue weighted by molar-refractivity contribution is -0.144. The van der Waals surface area contributed by atoms with Crippen LogP contribution < -0.4 is 14.8 Å². The van der Waals surface area contributed by atoms with Gasteiger partial charge in [0.15, 0.2) is 18.1 Å². The van der Waals surface area contributed by atoms with Gasteiger partial charge in [-0.25, -0.2) is 0 Å². The monoisotopic (exact) mass is 379 g/mol. The van der Waals surface area contributed by atoms with E-state index >= 15 is 0 Å². The summed E-state index contributed by atoms with van der Waals surface area (Å²) < 4.78 is 15.9. The first-order chi connectivity index (χ1) is 12.2. The Morgan fingerprint density at radius 3 is 2.84 bits per heavy atom. The molecule has 0 aliphatic carbocycles. The van der Waals surface area contributed by atoms with Gasteiger partial charge in [-0.1, -0.05) is 6.07 Å². The number of thiophene rings is 1. The second-order valence-corrected chi connectivity index (χ2v) is 7.16. The highest BCUT2D eigenvalue weighted by atomic mass is 32.2. The fourth-order valence-electron chi connectivity index (χ4n) is 2.14. The van der Waals surface area contributed by atoms with E-state index in [9.17, 15) is 9.59 Å². The smallest absolute Gasteiger partial charge is 0.316 e. The summed E-state index contributed by atoms with van der Waals surface area (Å²) in [5.74, 6) is 1.42. The fourth-order valence-corrected chi connectivity index (χ4v) is 3.80. The highest BCUT2D eigenvalue weighted by molar-refractivity contribution is 7.99. The number of anilines is 1. The lowest BCUT2D eigenvalue weighted by atomic mass is 10.2. The zero-order chi connectivity index (χ0) is 17.5. The van der Waals surface area contributed by atoms with Crippen LogP contribution in [0.15, 0.2) is 35.7 Å². The normalized spacial score (nSPS) is 12.5. The molecule has 0 fully saturated rings. The molecule has 1 aliphatic heterocycles. The van der Waals surface area contributed by atoms with Crippen LogP contribution in [0.5, 0.6) is 11.5 Å². The Morgan fingerprint density at radius 2 is 2.04 bits per heavy atom. The molecular formula is C17H17NO5S2. The highest BCUT2D eigenvalue weighted by Crippen LogP contribution is 2.32. The third kappa shape index (κ3) is 5.40. The van der Waals surface area contributed by atoms with E-state index in [1.54, 1.807) is 29.5 Å². The Labute approximate surface area is 153 Å². The van der Waals surface area contributed by atoms with Crippen molar-refractivity contribution in [2.24, 2.45) is 0 Å². The zero-order valence-corrected chi connectivity index (χ0v) is 15.0. The Hall–Kier alpha value is -2.19. The first kappa shape index (κ1) is 17.6. The molecule has 25 heavy (non-hydrogen) atoms. The molecule has 3 rings (SSSR count). The number of ether oxygens (including phenoxy) is 3. The van der Waals surface area contributed by atoms with E-state index in [2.05, 4.69) is 5.32 Å². The van der Waals surface area contributed by atoms with E-state index in [1.807, 2.05) is 17.5 Å². The minimum Gasteiger partial charge on any atom is -0.486 e. The molecule has 2 aromatic rings. The number of rotatable bonds is 7. The molecule has 0 unspecified atom stereocenters. The molecule has 1 aromatic heterocycles. The summed E-state index contributed by atoms with van der Waals surface area (Å²) >= 11 is 3.11. The Bertz CT molecular complexity index is 733. The lowest BCUT2D eigenvalue weighted by Crippen LogP contribution is -2.22. The molecule has 0 atom stereocenters. The molecule has 1 amide bonds. The van der Waals surface area contributed by atoms with Crippen molar-refractivity contribution in [3.8, 4) is 11.5 Å². The minimum atomic E-state index is -0.404. The van der Waals surface area contributed by atoms with E-state index in [0.29, 0.717) is 30.4 Å². The summed E-state index contributed by atoms with van der Waals surface area (Å²) in [6.45, 7) is 0.678. The number of esters is 1. The SMILES string of the molecule is O=C(COC(=O)CSCc1cccs1)Nc1ccc2c(c1)OCCO2. The number of nitrogens with one attached hydrogen (secondary N) is 1. The molecular weight excluding hydrogens is 362 g/mol. The molecule has 0 bridgehead atoms. The minimum absolute atomic E-state index is 0.217. The number of carbonyl (C=O) groups excluding carboxylic acids is 2. The maximum atomic E-state index is 11.9. The van der Waals surface area contributed by atoms with Gasteiger partial charge in [-0.3, -0.25) is 9.59 Å². The largest absolute Gasteiger partial charge is 0.486 e. The predicted octanol–water partition coefficient (Wildman–Crippen LogP) is 2.93. The van der Waals surface area contributed by atoms with E-state index in [1.165, 1.54) is 16.6 Å². The van der Waals surface area contributed by atoms with Gasteiger partial charge in [0.1, 0.15) is 13.2 Å². The summed E-state index contributed by atoms with van der Waals surface area (Å²) in [4.78, 5) is 24.7. The van der Waals surface area contributed by atoms with Crippen molar-refractivity contribution in [2.45, 2.75) is 5.75 Å². The average molecular weight is 379 g/mol. The molecule has 0 saturated heterocycles. The molecule has 1 N–H and O–H groups in total. The average Bonchev–Trinajstić information content (AvgIpc) is 3.13. The number of amides is 1. The second kappa shape index (κ2) is 8.77. The maximum Gasteiger partial charge on any atom is 0.316 e. The first-order valence-electron chi connectivity index (χ1n) is 7.66. The molecule has 1 aliphatic rings. The predicted molar refractivity (Wildman–Crippen MR) is 97.5 cm³/mol. The van der Waals surface area contributed by atoms with Gasteiger partial charge in [0.25, 0.3) is 5.91 Å². The van der Waals surface area contributed by atoms with Crippen molar-refractivity contribution in [3.63, 3.8) is 0 Å². The number of hydrogen-bond acceptors (Lipinski definition) is 7. The zero-order valence-electron chi connectivity index (χ0n) is 13.4. The third-order valence-electron chi connectivity index (χ3n) is 3.23. The number of hydrogen-bond donors (Lipinski definition) is 1. The van der Waals surface area contributed by atoms with Crippen molar-refractivity contribution < 1.29 is 23.8 Å². The van der Waals surface area contributed by atoms with E-state index in [4.69, 9.17) is 14.2 Å². The number of thioether (sulfide) groups is 1. The van der Waals surface area contributed by atoms with Crippen molar-refractivity contribution in [1.82, 2.24) is 0 Å². The number of fused-ring (bicyclic) bond motifs is 1. The summed E-state index contributed by atoms with van der Waals surface area (Å²) in [7, 11) is 0. The van der Waals surface area contributed by atoms with Crippen LogP contribution in [0, 0.1) is 0 Å². The van der Waals surface area contributed by atoms with Gasteiger partial charge < -0.3 is 19.5 Å².